The van der Waals surface area contributed by atoms with E-state index in [-0.39, 0.29) is 5.75 Å². The Morgan fingerprint density at radius 1 is 1.14 bits per heavy atom. The number of phenols is 1. The van der Waals surface area contributed by atoms with Crippen molar-refractivity contribution in [3.05, 3.63) is 29.8 Å². The molecular formula is C17H23NO4. The van der Waals surface area contributed by atoms with Crippen molar-refractivity contribution < 1.29 is 19.8 Å². The summed E-state index contributed by atoms with van der Waals surface area (Å²) < 4.78 is 0. The number of nitrogens with one attached hydrogen (secondary N) is 1. The zero-order valence-corrected chi connectivity index (χ0v) is 12.8. The number of hydrogen-bond donors (Lipinski definition) is 3. The summed E-state index contributed by atoms with van der Waals surface area (Å²) in [4.78, 5) is 24.4. The van der Waals surface area contributed by atoms with Gasteiger partial charge in [-0.1, -0.05) is 43.9 Å². The van der Waals surface area contributed by atoms with Gasteiger partial charge in [0.2, 0.25) is 5.91 Å². The first-order chi connectivity index (χ1) is 10.5. The average molecular weight is 305 g/mol. The largest absolute Gasteiger partial charge is 0.508 e. The zero-order chi connectivity index (χ0) is 16.2. The monoisotopic (exact) mass is 305 g/mol. The van der Waals surface area contributed by atoms with Gasteiger partial charge in [0.05, 0.1) is 6.04 Å². The number of carboxylic acids is 1. The van der Waals surface area contributed by atoms with Crippen molar-refractivity contribution in [3.8, 4) is 5.75 Å². The minimum Gasteiger partial charge on any atom is -0.508 e. The number of aliphatic carboxylic acids is 1. The highest BCUT2D eigenvalue weighted by atomic mass is 16.4. The van der Waals surface area contributed by atoms with Gasteiger partial charge >= 0.3 is 5.97 Å². The van der Waals surface area contributed by atoms with Gasteiger partial charge < -0.3 is 15.5 Å². The summed E-state index contributed by atoms with van der Waals surface area (Å²) in [5, 5.41) is 22.2. The molecule has 1 fully saturated rings. The van der Waals surface area contributed by atoms with Gasteiger partial charge in [0.1, 0.15) is 11.2 Å². The minimum absolute atomic E-state index is 0.0977. The fraction of sp³-hybridized carbons (Fsp3) is 0.529. The second-order valence-electron chi connectivity index (χ2n) is 6.06. The summed E-state index contributed by atoms with van der Waals surface area (Å²) in [7, 11) is 0. The van der Waals surface area contributed by atoms with E-state index in [2.05, 4.69) is 5.32 Å². The third-order valence-electron chi connectivity index (χ3n) is 4.55. The molecule has 1 atom stereocenters. The Labute approximate surface area is 130 Å². The molecule has 0 saturated heterocycles. The summed E-state index contributed by atoms with van der Waals surface area (Å²) in [6.07, 6.45) is 4.20. The maximum Gasteiger partial charge on any atom is 0.319 e. The van der Waals surface area contributed by atoms with Crippen molar-refractivity contribution in [2.45, 2.75) is 51.5 Å². The van der Waals surface area contributed by atoms with Gasteiger partial charge in [-0.15, -0.1) is 0 Å². The Morgan fingerprint density at radius 3 is 2.27 bits per heavy atom. The molecule has 0 heterocycles. The van der Waals surface area contributed by atoms with Crippen LogP contribution in [0.1, 0.15) is 57.1 Å². The third-order valence-corrected chi connectivity index (χ3v) is 4.55. The molecule has 2 rings (SSSR count). The van der Waals surface area contributed by atoms with Crippen LogP contribution in [0.15, 0.2) is 24.3 Å². The lowest BCUT2D eigenvalue weighted by molar-refractivity contribution is -0.157. The van der Waals surface area contributed by atoms with Gasteiger partial charge in [-0.3, -0.25) is 9.59 Å². The van der Waals surface area contributed by atoms with Crippen molar-refractivity contribution in [3.63, 3.8) is 0 Å². The normalized spacial score (nSPS) is 19.0. The molecule has 0 aliphatic heterocycles. The Morgan fingerprint density at radius 2 is 1.73 bits per heavy atom. The summed E-state index contributed by atoms with van der Waals surface area (Å²) in [5.41, 5.74) is -0.750. The highest BCUT2D eigenvalue weighted by Gasteiger charge is 2.46. The molecule has 5 nitrogen and oxygen atoms in total. The number of carbonyl (C=O) groups excluding carboxylic acids is 1. The molecule has 1 aromatic rings. The molecule has 5 heteroatoms. The van der Waals surface area contributed by atoms with E-state index in [1.165, 1.54) is 0 Å². The molecular weight excluding hydrogens is 282 g/mol. The first-order valence-corrected chi connectivity index (χ1v) is 7.79. The maximum absolute atomic E-state index is 12.6. The number of benzene rings is 1. The van der Waals surface area contributed by atoms with Gasteiger partial charge in [0.25, 0.3) is 0 Å². The molecule has 1 aromatic carbocycles. The molecule has 0 bridgehead atoms. The van der Waals surface area contributed by atoms with Crippen LogP contribution >= 0.6 is 0 Å². The lowest BCUT2D eigenvalue weighted by atomic mass is 9.79. The molecule has 0 aromatic heterocycles. The van der Waals surface area contributed by atoms with E-state index in [4.69, 9.17) is 0 Å². The second kappa shape index (κ2) is 6.81. The highest BCUT2D eigenvalue weighted by molar-refractivity contribution is 6.02. The quantitative estimate of drug-likeness (QED) is 0.589. The first kappa shape index (κ1) is 16.3. The molecule has 3 N–H and O–H groups in total. The molecule has 120 valence electrons. The molecule has 0 unspecified atom stereocenters. The van der Waals surface area contributed by atoms with Crippen LogP contribution in [0.4, 0.5) is 0 Å². The molecule has 1 saturated carbocycles. The van der Waals surface area contributed by atoms with Gasteiger partial charge in [0.15, 0.2) is 0 Å². The predicted molar refractivity (Wildman–Crippen MR) is 82.4 cm³/mol. The molecule has 0 radical (unpaired) electrons. The number of aromatic hydroxyl groups is 1. The van der Waals surface area contributed by atoms with E-state index in [1.54, 1.807) is 31.2 Å². The van der Waals surface area contributed by atoms with Gasteiger partial charge in [0, 0.05) is 5.56 Å². The van der Waals surface area contributed by atoms with Crippen LogP contribution in [-0.4, -0.2) is 22.1 Å². The van der Waals surface area contributed by atoms with Gasteiger partial charge in [-0.05, 0) is 25.8 Å². The van der Waals surface area contributed by atoms with Crippen LogP contribution in [0.2, 0.25) is 0 Å². The van der Waals surface area contributed by atoms with Gasteiger partial charge in [-0.25, -0.2) is 0 Å². The molecule has 1 aliphatic carbocycles. The van der Waals surface area contributed by atoms with Crippen molar-refractivity contribution in [2.24, 2.45) is 5.41 Å². The lowest BCUT2D eigenvalue weighted by Crippen LogP contribution is -2.47. The van der Waals surface area contributed by atoms with E-state index in [0.717, 1.165) is 25.7 Å². The second-order valence-corrected chi connectivity index (χ2v) is 6.06. The fourth-order valence-corrected chi connectivity index (χ4v) is 3.14. The number of para-hydroxylation sites is 1. The number of rotatable bonds is 4. The molecule has 0 spiro atoms. The van der Waals surface area contributed by atoms with Gasteiger partial charge in [-0.2, -0.15) is 0 Å². The van der Waals surface area contributed by atoms with Crippen LogP contribution in [-0.2, 0) is 9.59 Å². The van der Waals surface area contributed by atoms with E-state index in [1.807, 2.05) is 0 Å². The maximum atomic E-state index is 12.6. The van der Waals surface area contributed by atoms with Crippen LogP contribution in [0.5, 0.6) is 5.75 Å². The summed E-state index contributed by atoms with van der Waals surface area (Å²) in [6.45, 7) is 1.75. The molecule has 1 aliphatic rings. The van der Waals surface area contributed by atoms with Crippen molar-refractivity contribution in [1.82, 2.24) is 5.32 Å². The van der Waals surface area contributed by atoms with Crippen LogP contribution in [0, 0.1) is 5.41 Å². The summed E-state index contributed by atoms with van der Waals surface area (Å²) >= 11 is 0. The highest BCUT2D eigenvalue weighted by Crippen LogP contribution is 2.36. The number of phenolic OH excluding ortho intramolecular Hbond substituents is 1. The van der Waals surface area contributed by atoms with Crippen molar-refractivity contribution in [1.29, 1.82) is 0 Å². The first-order valence-electron chi connectivity index (χ1n) is 7.79. The van der Waals surface area contributed by atoms with E-state index in [9.17, 15) is 19.8 Å². The minimum atomic E-state index is -1.34. The SMILES string of the molecule is C[C@H](NC(=O)C1(C(=O)O)CCCCCC1)c1ccccc1O. The van der Waals surface area contributed by atoms with Crippen LogP contribution in [0.3, 0.4) is 0 Å². The standard InChI is InChI=1S/C17H23NO4/c1-12(13-8-4-5-9-14(13)19)18-15(20)17(16(21)22)10-6-2-3-7-11-17/h4-5,8-9,12,19H,2-3,6-7,10-11H2,1H3,(H,18,20)(H,21,22)/t12-/m0/s1. The van der Waals surface area contributed by atoms with Crippen molar-refractivity contribution >= 4 is 11.9 Å². The van der Waals surface area contributed by atoms with Crippen LogP contribution < -0.4 is 5.32 Å². The number of amides is 1. The van der Waals surface area contributed by atoms with Crippen LogP contribution in [0.25, 0.3) is 0 Å². The van der Waals surface area contributed by atoms with E-state index in [0.29, 0.717) is 18.4 Å². The third kappa shape index (κ3) is 3.24. The Kier molecular flexibility index (Phi) is 5.06. The average Bonchev–Trinajstić information content (AvgIpc) is 2.74. The topological polar surface area (TPSA) is 86.6 Å². The Hall–Kier alpha value is -2.04. The lowest BCUT2D eigenvalue weighted by Gasteiger charge is -2.28. The number of carboxylic acid groups (broad SMARTS) is 1. The molecule has 1 amide bonds. The predicted octanol–water partition coefficient (Wildman–Crippen LogP) is 2.99. The van der Waals surface area contributed by atoms with Crippen molar-refractivity contribution in [2.75, 3.05) is 0 Å². The smallest absolute Gasteiger partial charge is 0.319 e. The van der Waals surface area contributed by atoms with E-state index < -0.39 is 23.3 Å². The number of carbonyl (C=O) groups is 2. The zero-order valence-electron chi connectivity index (χ0n) is 12.8. The number of hydrogen-bond acceptors (Lipinski definition) is 3. The Balaban J connectivity index is 2.18. The fourth-order valence-electron chi connectivity index (χ4n) is 3.14. The molecule has 22 heavy (non-hydrogen) atoms. The summed E-state index contributed by atoms with van der Waals surface area (Å²) in [6, 6.07) is 6.32. The Bertz CT molecular complexity index is 547. The van der Waals surface area contributed by atoms with E-state index >= 15 is 0 Å². The summed E-state index contributed by atoms with van der Waals surface area (Å²) in [5.74, 6) is -1.39.